The standard InChI is InChI=1S/C27H46O9/c1-17(13-25(31)34-11-9-7-5-4-6-8-10-24(29)30)12-23-27(33)26(32)20(16-35-23)15-22-21(36-22)14-18(2)19(3)28/h13,18-23,26-28,32-33H,4-12,14-16H2,1-3H3,(H,29,30)/b17-13+/t18-,19+,20+,21+,22+,23+,26-,27+/m1/s1/i2+2,16+2. The van der Waals surface area contributed by atoms with Crippen LogP contribution in [0.3, 0.4) is 0 Å². The van der Waals surface area contributed by atoms with E-state index < -0.39 is 30.3 Å². The van der Waals surface area contributed by atoms with E-state index in [9.17, 15) is 24.9 Å². The first-order valence-corrected chi connectivity index (χ1v) is 13.5. The summed E-state index contributed by atoms with van der Waals surface area (Å²) in [6, 6.07) is 0. The van der Waals surface area contributed by atoms with Gasteiger partial charge in [0.2, 0.25) is 0 Å². The molecule has 8 atom stereocenters. The van der Waals surface area contributed by atoms with Gasteiger partial charge in [-0.2, -0.15) is 0 Å². The van der Waals surface area contributed by atoms with Crippen LogP contribution < -0.4 is 0 Å². The Morgan fingerprint density at radius 2 is 1.72 bits per heavy atom. The molecular weight excluding hydrogens is 472 g/mol. The lowest BCUT2D eigenvalue weighted by Gasteiger charge is -2.37. The van der Waals surface area contributed by atoms with E-state index in [4.69, 9.17) is 19.3 Å². The van der Waals surface area contributed by atoms with Gasteiger partial charge < -0.3 is 34.6 Å². The number of aliphatic hydroxyl groups excluding tert-OH is 3. The second-order valence-electron chi connectivity index (χ2n) is 10.6. The zero-order valence-corrected chi connectivity index (χ0v) is 22.0. The first kappa shape index (κ1) is 30.7. The summed E-state index contributed by atoms with van der Waals surface area (Å²) < 4.78 is 16.8. The van der Waals surface area contributed by atoms with Gasteiger partial charge in [-0.05, 0) is 51.9 Å². The highest BCUT2D eigenvalue weighted by atomic mass is 16.7. The van der Waals surface area contributed by atoms with E-state index in [2.05, 4.69) is 0 Å². The van der Waals surface area contributed by atoms with Crippen LogP contribution >= 0.6 is 0 Å². The number of esters is 1. The zero-order chi connectivity index (χ0) is 26.7. The SMILES string of the molecule is C/C(=C\C(=O)OCCCCCCCCC(=O)O)C[C@@H]1O[14CH2][C@H](C[C@@H]2O[C@H]2C[C@@H]([14CH3])[C@H](C)O)[C@@H](O)[C@H]1O. The van der Waals surface area contributed by atoms with Crippen LogP contribution in [0.15, 0.2) is 11.6 Å². The molecule has 36 heavy (non-hydrogen) atoms. The van der Waals surface area contributed by atoms with E-state index >= 15 is 0 Å². The van der Waals surface area contributed by atoms with Crippen molar-refractivity contribution in [2.24, 2.45) is 11.8 Å². The molecule has 0 radical (unpaired) electrons. The van der Waals surface area contributed by atoms with Gasteiger partial charge in [0.1, 0.15) is 6.10 Å². The van der Waals surface area contributed by atoms with E-state index in [0.717, 1.165) is 38.5 Å². The molecule has 2 fully saturated rings. The second kappa shape index (κ2) is 15.7. The minimum absolute atomic E-state index is 0.0199. The van der Waals surface area contributed by atoms with Crippen molar-refractivity contribution in [3.05, 3.63) is 11.6 Å². The molecule has 0 aromatic rings. The third kappa shape index (κ3) is 11.3. The highest BCUT2D eigenvalue weighted by Gasteiger charge is 2.46. The summed E-state index contributed by atoms with van der Waals surface area (Å²) in [5.74, 6) is -1.27. The number of hydrogen-bond donors (Lipinski definition) is 4. The number of hydrogen-bond acceptors (Lipinski definition) is 8. The third-order valence-electron chi connectivity index (χ3n) is 7.31. The summed E-state index contributed by atoms with van der Waals surface area (Å²) in [5.41, 5.74) is 0.714. The van der Waals surface area contributed by atoms with Gasteiger partial charge in [0.15, 0.2) is 0 Å². The molecule has 0 aromatic heterocycles. The predicted molar refractivity (Wildman–Crippen MR) is 133 cm³/mol. The number of carbonyl (C=O) groups is 2. The summed E-state index contributed by atoms with van der Waals surface area (Å²) in [7, 11) is 0. The van der Waals surface area contributed by atoms with Crippen LogP contribution in [0.1, 0.15) is 85.0 Å². The van der Waals surface area contributed by atoms with Gasteiger partial charge in [0, 0.05) is 18.4 Å². The molecule has 0 amide bonds. The van der Waals surface area contributed by atoms with Gasteiger partial charge in [0.25, 0.3) is 0 Å². The number of carboxylic acids is 1. The Morgan fingerprint density at radius 1 is 1.06 bits per heavy atom. The third-order valence-corrected chi connectivity index (χ3v) is 7.31. The number of ether oxygens (including phenoxy) is 3. The molecule has 9 nitrogen and oxygen atoms in total. The van der Waals surface area contributed by atoms with E-state index in [0.29, 0.717) is 38.0 Å². The number of epoxide rings is 1. The van der Waals surface area contributed by atoms with E-state index in [1.807, 2.05) is 6.92 Å². The Bertz CT molecular complexity index is 707. The molecule has 0 spiro atoms. The molecule has 0 aromatic carbocycles. The van der Waals surface area contributed by atoms with Crippen LogP contribution in [-0.4, -0.2) is 82.2 Å². The molecular formula is C27H46O9. The van der Waals surface area contributed by atoms with E-state index in [1.165, 1.54) is 6.08 Å². The maximum atomic E-state index is 12.1. The molecule has 4 N–H and O–H groups in total. The van der Waals surface area contributed by atoms with Crippen molar-refractivity contribution in [3.8, 4) is 0 Å². The lowest BCUT2D eigenvalue weighted by atomic mass is 9.92. The Morgan fingerprint density at radius 3 is 2.39 bits per heavy atom. The van der Waals surface area contributed by atoms with Crippen molar-refractivity contribution >= 4 is 11.9 Å². The molecule has 0 bridgehead atoms. The van der Waals surface area contributed by atoms with Crippen LogP contribution in [0.25, 0.3) is 0 Å². The van der Waals surface area contributed by atoms with Gasteiger partial charge in [-0.3, -0.25) is 4.79 Å². The Balaban J connectivity index is 1.61. The van der Waals surface area contributed by atoms with Crippen LogP contribution in [0.2, 0.25) is 0 Å². The van der Waals surface area contributed by atoms with Crippen LogP contribution in [0, 0.1) is 11.8 Å². The van der Waals surface area contributed by atoms with Gasteiger partial charge in [0.05, 0.1) is 43.7 Å². The predicted octanol–water partition coefficient (Wildman–Crippen LogP) is 2.98. The number of carboxylic acid groups (broad SMARTS) is 1. The highest BCUT2D eigenvalue weighted by Crippen LogP contribution is 2.37. The van der Waals surface area contributed by atoms with Crippen molar-refractivity contribution in [2.45, 2.75) is 122 Å². The molecule has 2 heterocycles. The van der Waals surface area contributed by atoms with Crippen molar-refractivity contribution < 1.29 is 44.2 Å². The molecule has 208 valence electrons. The second-order valence-corrected chi connectivity index (χ2v) is 10.6. The fourth-order valence-corrected chi connectivity index (χ4v) is 4.66. The molecule has 2 aliphatic heterocycles. The Hall–Kier alpha value is -1.52. The lowest BCUT2D eigenvalue weighted by Crippen LogP contribution is -2.50. The van der Waals surface area contributed by atoms with Crippen LogP contribution in [0.4, 0.5) is 0 Å². The summed E-state index contributed by atoms with van der Waals surface area (Å²) in [6.45, 7) is 6.18. The molecule has 0 aliphatic carbocycles. The number of unbranched alkanes of at least 4 members (excludes halogenated alkanes) is 5. The smallest absolute Gasteiger partial charge is 0.330 e. The average Bonchev–Trinajstić information content (AvgIpc) is 3.54. The maximum absolute atomic E-state index is 12.1. The average molecular weight is 519 g/mol. The monoisotopic (exact) mass is 518 g/mol. The lowest BCUT2D eigenvalue weighted by molar-refractivity contribution is -0.165. The molecule has 0 saturated carbocycles. The number of carbonyl (C=O) groups excluding carboxylic acids is 1. The fourth-order valence-electron chi connectivity index (χ4n) is 4.66. The molecule has 2 aliphatic rings. The van der Waals surface area contributed by atoms with Crippen molar-refractivity contribution in [1.29, 1.82) is 0 Å². The highest BCUT2D eigenvalue weighted by molar-refractivity contribution is 5.82. The summed E-state index contributed by atoms with van der Waals surface area (Å²) in [4.78, 5) is 22.5. The van der Waals surface area contributed by atoms with Gasteiger partial charge in [-0.25, -0.2) is 4.79 Å². The molecule has 0 unspecified atom stereocenters. The van der Waals surface area contributed by atoms with Gasteiger partial charge in [-0.15, -0.1) is 0 Å². The summed E-state index contributed by atoms with van der Waals surface area (Å²) in [5, 5.41) is 39.5. The molecule has 9 heteroatoms. The Kier molecular flexibility index (Phi) is 13.4. The van der Waals surface area contributed by atoms with Crippen molar-refractivity contribution in [3.63, 3.8) is 0 Å². The van der Waals surface area contributed by atoms with Crippen molar-refractivity contribution in [2.75, 3.05) is 13.2 Å². The molecule has 2 saturated heterocycles. The normalized spacial score (nSPS) is 30.0. The minimum Gasteiger partial charge on any atom is -0.481 e. The fraction of sp³-hybridized carbons (Fsp3) is 0.852. The number of aliphatic hydroxyl groups is 3. The quantitative estimate of drug-likeness (QED) is 0.0987. The van der Waals surface area contributed by atoms with Crippen LogP contribution in [0.5, 0.6) is 0 Å². The summed E-state index contributed by atoms with van der Waals surface area (Å²) in [6.07, 6.45) is 5.73. The van der Waals surface area contributed by atoms with Crippen molar-refractivity contribution in [1.82, 2.24) is 0 Å². The van der Waals surface area contributed by atoms with E-state index in [1.54, 1.807) is 13.8 Å². The maximum Gasteiger partial charge on any atom is 0.330 e. The van der Waals surface area contributed by atoms with E-state index in [-0.39, 0.29) is 36.6 Å². The summed E-state index contributed by atoms with van der Waals surface area (Å²) >= 11 is 0. The first-order chi connectivity index (χ1) is 17.1. The molecule has 2 rings (SSSR count). The Labute approximate surface area is 214 Å². The van der Waals surface area contributed by atoms with Crippen LogP contribution in [-0.2, 0) is 23.8 Å². The largest absolute Gasteiger partial charge is 0.481 e. The topological polar surface area (TPSA) is 146 Å². The first-order valence-electron chi connectivity index (χ1n) is 13.5. The van der Waals surface area contributed by atoms with Gasteiger partial charge >= 0.3 is 11.9 Å². The number of aliphatic carboxylic acids is 1. The minimum atomic E-state index is -1.05. The number of rotatable bonds is 17. The zero-order valence-electron chi connectivity index (χ0n) is 22.0. The van der Waals surface area contributed by atoms with Gasteiger partial charge in [-0.1, -0.05) is 38.2 Å².